The molecule has 0 rings (SSSR count). The Balaban J connectivity index is -0.000000309. The van der Waals surface area contributed by atoms with Crippen molar-refractivity contribution < 1.29 is 98.0 Å². The first-order valence-corrected chi connectivity index (χ1v) is 15.0. The molecule has 0 saturated heterocycles. The molecule has 0 bridgehead atoms. The van der Waals surface area contributed by atoms with Crippen molar-refractivity contribution in [1.82, 2.24) is 0 Å². The third-order valence-electron chi connectivity index (χ3n) is 6.10. The van der Waals surface area contributed by atoms with Crippen LogP contribution in [0.3, 0.4) is 0 Å². The molecule has 224 valence electrons. The number of aliphatic carboxylic acids is 2. The molecule has 0 radical (unpaired) electrons. The first-order valence-electron chi connectivity index (χ1n) is 15.0. The standard InChI is InChI=1S/2C15H28O4.2Na/c2*1-2-3-4-5-6-7-8-9-10-11-12-19-15(18)13-14(16)17;;/h2*2-13H2,1H3,(H,16,17);;/q;;2*+1/p-2. The number of esters is 2. The van der Waals surface area contributed by atoms with E-state index in [9.17, 15) is 29.4 Å². The number of carbonyl (C=O) groups excluding carboxylic acids is 4. The Morgan fingerprint density at radius 1 is 0.425 bits per heavy atom. The topological polar surface area (TPSA) is 133 Å². The van der Waals surface area contributed by atoms with Crippen LogP contribution in [-0.4, -0.2) is 37.1 Å². The van der Waals surface area contributed by atoms with Gasteiger partial charge in [-0.25, -0.2) is 0 Å². The molecule has 0 N–H and O–H groups in total. The number of ether oxygens (including phenoxy) is 2. The molecule has 0 fully saturated rings. The molecule has 8 nitrogen and oxygen atoms in total. The smallest absolute Gasteiger partial charge is 0.550 e. The fourth-order valence-corrected chi connectivity index (χ4v) is 3.89. The fraction of sp³-hybridized carbons (Fsp3) is 0.867. The van der Waals surface area contributed by atoms with Gasteiger partial charge >= 0.3 is 71.1 Å². The van der Waals surface area contributed by atoms with Crippen LogP contribution in [0.15, 0.2) is 0 Å². The Labute approximate surface area is 288 Å². The van der Waals surface area contributed by atoms with Gasteiger partial charge < -0.3 is 29.3 Å². The van der Waals surface area contributed by atoms with Crippen LogP contribution in [0, 0.1) is 0 Å². The Hall–Kier alpha value is -0.120. The second-order valence-electron chi connectivity index (χ2n) is 9.90. The van der Waals surface area contributed by atoms with Crippen LogP contribution in [0.1, 0.15) is 155 Å². The van der Waals surface area contributed by atoms with E-state index < -0.39 is 36.7 Å². The molecule has 0 aromatic rings. The van der Waals surface area contributed by atoms with Gasteiger partial charge in [-0.3, -0.25) is 9.59 Å². The van der Waals surface area contributed by atoms with Crippen LogP contribution >= 0.6 is 0 Å². The third-order valence-corrected chi connectivity index (χ3v) is 6.10. The van der Waals surface area contributed by atoms with E-state index in [4.69, 9.17) is 9.47 Å². The zero-order valence-electron chi connectivity index (χ0n) is 26.2. The van der Waals surface area contributed by atoms with E-state index in [0.29, 0.717) is 13.2 Å². The average Bonchev–Trinajstić information content (AvgIpc) is 2.85. The van der Waals surface area contributed by atoms with Crippen molar-refractivity contribution in [3.8, 4) is 0 Å². The maximum Gasteiger partial charge on any atom is 1.00 e. The Bertz CT molecular complexity index is 538. The summed E-state index contributed by atoms with van der Waals surface area (Å²) in [4.78, 5) is 41.9. The number of carbonyl (C=O) groups is 4. The summed E-state index contributed by atoms with van der Waals surface area (Å²) in [5, 5.41) is 20.2. The molecule has 0 saturated carbocycles. The minimum absolute atomic E-state index is 0. The first-order chi connectivity index (χ1) is 18.3. The Kier molecular flexibility index (Phi) is 45.5. The quantitative estimate of drug-likeness (QED) is 0.0555. The third kappa shape index (κ3) is 44.9. The molecule has 0 aliphatic rings. The molecule has 0 atom stereocenters. The van der Waals surface area contributed by atoms with Gasteiger partial charge in [0.1, 0.15) is 0 Å². The van der Waals surface area contributed by atoms with Crippen molar-refractivity contribution >= 4 is 23.9 Å². The van der Waals surface area contributed by atoms with Gasteiger partial charge in [0, 0.05) is 0 Å². The molecule has 40 heavy (non-hydrogen) atoms. The molecule has 10 heteroatoms. The van der Waals surface area contributed by atoms with Crippen LogP contribution in [0.2, 0.25) is 0 Å². The van der Waals surface area contributed by atoms with Gasteiger partial charge in [-0.15, -0.1) is 0 Å². The van der Waals surface area contributed by atoms with Gasteiger partial charge in [0.15, 0.2) is 0 Å². The predicted molar refractivity (Wildman–Crippen MR) is 145 cm³/mol. The number of unbranched alkanes of at least 4 members (excludes halogenated alkanes) is 18. The predicted octanol–water partition coefficient (Wildman–Crippen LogP) is -0.811. The monoisotopic (exact) mass is 588 g/mol. The van der Waals surface area contributed by atoms with Crippen molar-refractivity contribution in [3.63, 3.8) is 0 Å². The number of hydrogen-bond acceptors (Lipinski definition) is 8. The summed E-state index contributed by atoms with van der Waals surface area (Å²) in [7, 11) is 0. The summed E-state index contributed by atoms with van der Waals surface area (Å²) in [5.74, 6) is -4.16. The zero-order chi connectivity index (χ0) is 28.7. The number of carboxylic acids is 2. The van der Waals surface area contributed by atoms with Crippen molar-refractivity contribution in [1.29, 1.82) is 0 Å². The van der Waals surface area contributed by atoms with Crippen LogP contribution in [-0.2, 0) is 28.7 Å². The fourth-order valence-electron chi connectivity index (χ4n) is 3.89. The second-order valence-corrected chi connectivity index (χ2v) is 9.90. The van der Waals surface area contributed by atoms with E-state index in [1.165, 1.54) is 89.9 Å². The van der Waals surface area contributed by atoms with Crippen molar-refractivity contribution in [2.75, 3.05) is 13.2 Å². The number of hydrogen-bond donors (Lipinski definition) is 0. The molecule has 0 unspecified atom stereocenters. The van der Waals surface area contributed by atoms with Gasteiger partial charge in [-0.1, -0.05) is 129 Å². The Morgan fingerprint density at radius 3 is 0.875 bits per heavy atom. The molecule has 0 aliphatic heterocycles. The van der Waals surface area contributed by atoms with Gasteiger partial charge in [0.05, 0.1) is 38.0 Å². The average molecular weight is 589 g/mol. The van der Waals surface area contributed by atoms with Crippen LogP contribution in [0.4, 0.5) is 0 Å². The van der Waals surface area contributed by atoms with Gasteiger partial charge in [-0.2, -0.15) is 0 Å². The molecular weight excluding hydrogens is 534 g/mol. The van der Waals surface area contributed by atoms with Crippen molar-refractivity contribution in [2.45, 2.75) is 155 Å². The maximum absolute atomic E-state index is 10.9. The minimum Gasteiger partial charge on any atom is -0.550 e. The maximum atomic E-state index is 10.9. The summed E-state index contributed by atoms with van der Waals surface area (Å²) >= 11 is 0. The van der Waals surface area contributed by atoms with E-state index in [1.807, 2.05) is 0 Å². The summed E-state index contributed by atoms with van der Waals surface area (Å²) in [6.45, 7) is 5.09. The van der Waals surface area contributed by atoms with Crippen LogP contribution in [0.25, 0.3) is 0 Å². The SMILES string of the molecule is CCCCCCCCCCCCOC(=O)CC(=O)[O-].CCCCCCCCCCCCOC(=O)CC(=O)[O-].[Na+].[Na+]. The van der Waals surface area contributed by atoms with E-state index in [2.05, 4.69) is 13.8 Å². The molecule has 0 aliphatic carbocycles. The van der Waals surface area contributed by atoms with Gasteiger partial charge in [-0.05, 0) is 12.8 Å². The second kappa shape index (κ2) is 38.9. The summed E-state index contributed by atoms with van der Waals surface area (Å²) in [5.41, 5.74) is 0. The molecule has 0 amide bonds. The van der Waals surface area contributed by atoms with E-state index in [-0.39, 0.29) is 59.1 Å². The van der Waals surface area contributed by atoms with E-state index in [1.54, 1.807) is 0 Å². The molecule has 0 heterocycles. The largest absolute Gasteiger partial charge is 1.00 e. The van der Waals surface area contributed by atoms with Crippen LogP contribution < -0.4 is 69.3 Å². The molecule has 0 spiro atoms. The molecule has 0 aromatic heterocycles. The molecular formula is C30H54Na2O8. The van der Waals surface area contributed by atoms with E-state index >= 15 is 0 Å². The summed E-state index contributed by atoms with van der Waals surface area (Å²) < 4.78 is 9.53. The van der Waals surface area contributed by atoms with Gasteiger partial charge in [0.2, 0.25) is 0 Å². The normalized spacial score (nSPS) is 9.85. The first kappa shape index (κ1) is 46.8. The van der Waals surface area contributed by atoms with Crippen molar-refractivity contribution in [3.05, 3.63) is 0 Å². The summed E-state index contributed by atoms with van der Waals surface area (Å²) in [6.07, 6.45) is 23.1. The minimum atomic E-state index is -1.38. The number of carboxylic acid groups (broad SMARTS) is 2. The summed E-state index contributed by atoms with van der Waals surface area (Å²) in [6, 6.07) is 0. The Morgan fingerprint density at radius 2 is 0.650 bits per heavy atom. The van der Waals surface area contributed by atoms with E-state index in [0.717, 1.165) is 38.5 Å². The van der Waals surface area contributed by atoms with Gasteiger partial charge in [0.25, 0.3) is 0 Å². The zero-order valence-corrected chi connectivity index (χ0v) is 30.2. The van der Waals surface area contributed by atoms with Crippen LogP contribution in [0.5, 0.6) is 0 Å². The van der Waals surface area contributed by atoms with Crippen molar-refractivity contribution in [2.24, 2.45) is 0 Å². The molecule has 0 aromatic carbocycles. The number of rotatable bonds is 26.